The smallest absolute Gasteiger partial charge is 0.485 e. The fourth-order valence-electron chi connectivity index (χ4n) is 1.38. The van der Waals surface area contributed by atoms with E-state index in [9.17, 15) is 17.7 Å². The topological polar surface area (TPSA) is 122 Å². The van der Waals surface area contributed by atoms with Gasteiger partial charge in [-0.2, -0.15) is 22.1 Å². The molecule has 0 fully saturated rings. The molecule has 2 heterocycles. The first-order valence-electron chi connectivity index (χ1n) is 6.40. The van der Waals surface area contributed by atoms with Crippen LogP contribution in [-0.4, -0.2) is 42.1 Å². The summed E-state index contributed by atoms with van der Waals surface area (Å²) >= 11 is 1.33. The standard InChI is InChI=1S/C10H13N3O3PS.CHF3O3S/c1-15-17(14,16-2)8-13-5-3-9(4-6-13)10-11-7-12-18-10;2-1(3,4)8(5,6)7/h3-7H,8H2,1-2H3;(H,5,6,7)/q+1;/p-1. The predicted molar refractivity (Wildman–Crippen MR) is 82.9 cm³/mol. The minimum atomic E-state index is -6.09. The average molecular weight is 435 g/mol. The van der Waals surface area contributed by atoms with Crippen molar-refractivity contribution in [2.75, 3.05) is 14.2 Å². The maximum atomic E-state index is 11.9. The third kappa shape index (κ3) is 6.70. The van der Waals surface area contributed by atoms with Crippen LogP contribution in [-0.2, 0) is 30.0 Å². The lowest BCUT2D eigenvalue weighted by Gasteiger charge is -2.09. The van der Waals surface area contributed by atoms with Crippen LogP contribution in [0.5, 0.6) is 0 Å². The number of hydrogen-bond donors (Lipinski definition) is 0. The van der Waals surface area contributed by atoms with Crippen molar-refractivity contribution in [3.63, 3.8) is 0 Å². The minimum Gasteiger partial charge on any atom is -0.741 e. The molecule has 146 valence electrons. The molecule has 0 aromatic carbocycles. The van der Waals surface area contributed by atoms with Gasteiger partial charge in [-0.15, -0.1) is 0 Å². The monoisotopic (exact) mass is 435 g/mol. The van der Waals surface area contributed by atoms with E-state index in [1.54, 1.807) is 17.0 Å². The van der Waals surface area contributed by atoms with Crippen molar-refractivity contribution in [3.05, 3.63) is 30.9 Å². The highest BCUT2D eigenvalue weighted by Gasteiger charge is 2.36. The largest absolute Gasteiger partial charge is 0.741 e. The fourth-order valence-corrected chi connectivity index (χ4v) is 2.88. The molecule has 0 atom stereocenters. The molecule has 26 heavy (non-hydrogen) atoms. The normalized spacial score (nSPS) is 12.4. The molecular weight excluding hydrogens is 422 g/mol. The van der Waals surface area contributed by atoms with Crippen LogP contribution in [0, 0.1) is 0 Å². The Balaban J connectivity index is 0.000000359. The number of aromatic nitrogens is 3. The zero-order valence-corrected chi connectivity index (χ0v) is 15.8. The lowest BCUT2D eigenvalue weighted by molar-refractivity contribution is -0.679. The van der Waals surface area contributed by atoms with Gasteiger partial charge in [0, 0.05) is 31.9 Å². The van der Waals surface area contributed by atoms with Crippen LogP contribution < -0.4 is 4.57 Å². The second-order valence-corrected chi connectivity index (χ2v) is 8.75. The molecule has 0 aliphatic heterocycles. The summed E-state index contributed by atoms with van der Waals surface area (Å²) in [5, 5.41) is 0.851. The summed E-state index contributed by atoms with van der Waals surface area (Å²) in [4.78, 5) is 4.12. The summed E-state index contributed by atoms with van der Waals surface area (Å²) < 4.78 is 86.3. The van der Waals surface area contributed by atoms with E-state index in [0.29, 0.717) is 0 Å². The molecule has 0 unspecified atom stereocenters. The lowest BCUT2D eigenvalue weighted by atomic mass is 10.3. The van der Waals surface area contributed by atoms with Crippen LogP contribution in [0.1, 0.15) is 0 Å². The van der Waals surface area contributed by atoms with Gasteiger partial charge < -0.3 is 13.6 Å². The second kappa shape index (κ2) is 8.97. The molecule has 0 bridgehead atoms. The maximum absolute atomic E-state index is 11.9. The molecule has 0 aliphatic rings. The van der Waals surface area contributed by atoms with E-state index in [1.807, 2.05) is 12.1 Å². The van der Waals surface area contributed by atoms with Crippen molar-refractivity contribution in [1.82, 2.24) is 9.36 Å². The van der Waals surface area contributed by atoms with Gasteiger partial charge in [-0.05, 0) is 11.5 Å². The molecular formula is C11H13F3N3O6PS2. The molecule has 0 aliphatic carbocycles. The van der Waals surface area contributed by atoms with Crippen molar-refractivity contribution in [1.29, 1.82) is 0 Å². The van der Waals surface area contributed by atoms with Gasteiger partial charge in [-0.1, -0.05) is 0 Å². The van der Waals surface area contributed by atoms with Gasteiger partial charge in [0.15, 0.2) is 22.5 Å². The van der Waals surface area contributed by atoms with E-state index in [0.717, 1.165) is 10.6 Å². The van der Waals surface area contributed by atoms with E-state index in [1.165, 1.54) is 32.1 Å². The van der Waals surface area contributed by atoms with E-state index in [4.69, 9.17) is 22.0 Å². The van der Waals surface area contributed by atoms with Gasteiger partial charge in [0.2, 0.25) is 6.29 Å². The van der Waals surface area contributed by atoms with Crippen LogP contribution in [0.3, 0.4) is 0 Å². The zero-order chi connectivity index (χ0) is 20.0. The minimum absolute atomic E-state index is 0.177. The first kappa shape index (κ1) is 22.6. The summed E-state index contributed by atoms with van der Waals surface area (Å²) in [6.07, 6.45) is 5.31. The Morgan fingerprint density at radius 1 is 1.27 bits per heavy atom. The molecule has 0 amide bonds. The van der Waals surface area contributed by atoms with Gasteiger partial charge >= 0.3 is 13.1 Å². The highest BCUT2D eigenvalue weighted by Crippen LogP contribution is 2.46. The molecule has 0 spiro atoms. The zero-order valence-electron chi connectivity index (χ0n) is 13.3. The highest BCUT2D eigenvalue weighted by molar-refractivity contribution is 7.86. The van der Waals surface area contributed by atoms with Crippen molar-refractivity contribution in [2.45, 2.75) is 11.8 Å². The lowest BCUT2D eigenvalue weighted by Crippen LogP contribution is -2.32. The Morgan fingerprint density at radius 3 is 2.12 bits per heavy atom. The first-order chi connectivity index (χ1) is 11.9. The van der Waals surface area contributed by atoms with E-state index in [-0.39, 0.29) is 6.29 Å². The van der Waals surface area contributed by atoms with Gasteiger partial charge in [0.25, 0.3) is 0 Å². The van der Waals surface area contributed by atoms with Crippen molar-refractivity contribution >= 4 is 29.2 Å². The van der Waals surface area contributed by atoms with Crippen LogP contribution in [0.15, 0.2) is 30.9 Å². The van der Waals surface area contributed by atoms with Crippen molar-refractivity contribution < 1.29 is 44.3 Å². The summed E-state index contributed by atoms with van der Waals surface area (Å²) in [5.41, 5.74) is -4.68. The third-order valence-electron chi connectivity index (χ3n) is 2.68. The van der Waals surface area contributed by atoms with E-state index in [2.05, 4.69) is 9.36 Å². The van der Waals surface area contributed by atoms with Crippen molar-refractivity contribution in [2.24, 2.45) is 0 Å². The average Bonchev–Trinajstić information content (AvgIpc) is 3.08. The van der Waals surface area contributed by atoms with Gasteiger partial charge in [-0.25, -0.2) is 13.4 Å². The number of hydrogen-bond acceptors (Lipinski definition) is 9. The number of alkyl halides is 3. The summed E-state index contributed by atoms with van der Waals surface area (Å²) in [5.74, 6) is 0. The number of nitrogens with zero attached hydrogens (tertiary/aromatic N) is 3. The molecule has 9 nitrogen and oxygen atoms in total. The van der Waals surface area contributed by atoms with Crippen LogP contribution in [0.2, 0.25) is 0 Å². The quantitative estimate of drug-likeness (QED) is 0.302. The van der Waals surface area contributed by atoms with Gasteiger partial charge in [0.1, 0.15) is 11.3 Å². The maximum Gasteiger partial charge on any atom is 0.485 e. The van der Waals surface area contributed by atoms with Crippen LogP contribution in [0.25, 0.3) is 10.6 Å². The Kier molecular flexibility index (Phi) is 7.80. The van der Waals surface area contributed by atoms with Crippen molar-refractivity contribution in [3.8, 4) is 10.6 Å². The summed E-state index contributed by atoms with van der Waals surface area (Å²) in [6.45, 7) is 0. The molecule has 0 N–H and O–H groups in total. The van der Waals surface area contributed by atoms with E-state index < -0.39 is 23.2 Å². The molecule has 15 heteroatoms. The van der Waals surface area contributed by atoms with Gasteiger partial charge in [-0.3, -0.25) is 4.57 Å². The van der Waals surface area contributed by atoms with E-state index >= 15 is 0 Å². The Bertz CT molecular complexity index is 835. The SMILES string of the molecule is COP(=O)(C[n+]1ccc(-c2ncns2)cc1)OC.O=S(=O)([O-])C(F)(F)F. The molecule has 2 aromatic rings. The molecule has 0 saturated carbocycles. The highest BCUT2D eigenvalue weighted by atomic mass is 32.2. The molecule has 2 rings (SSSR count). The summed E-state index contributed by atoms with van der Waals surface area (Å²) in [7, 11) is -6.38. The van der Waals surface area contributed by atoms with Crippen LogP contribution >= 0.6 is 19.1 Å². The van der Waals surface area contributed by atoms with Gasteiger partial charge in [0.05, 0.1) is 0 Å². The van der Waals surface area contributed by atoms with Crippen LogP contribution in [0.4, 0.5) is 13.2 Å². The number of halogens is 3. The first-order valence-corrected chi connectivity index (χ1v) is 10.3. The Morgan fingerprint density at radius 2 is 1.77 bits per heavy atom. The Labute approximate surface area is 150 Å². The number of rotatable bonds is 5. The Hall–Kier alpha value is -1.44. The molecule has 0 saturated heterocycles. The fraction of sp³-hybridized carbons (Fsp3) is 0.364. The molecule has 2 aromatic heterocycles. The second-order valence-electron chi connectivity index (χ2n) is 4.36. The third-order valence-corrected chi connectivity index (χ3v) is 5.74. The number of pyridine rings is 1. The predicted octanol–water partition coefficient (Wildman–Crippen LogP) is 1.99. The summed E-state index contributed by atoms with van der Waals surface area (Å²) in [6, 6.07) is 3.77. The molecule has 0 radical (unpaired) electrons.